The van der Waals surface area contributed by atoms with Crippen LogP contribution < -0.4 is 4.74 Å². The van der Waals surface area contributed by atoms with Gasteiger partial charge in [-0.25, -0.2) is 0 Å². The summed E-state index contributed by atoms with van der Waals surface area (Å²) in [5.41, 5.74) is 0.243. The Morgan fingerprint density at radius 3 is 2.83 bits per heavy atom. The van der Waals surface area contributed by atoms with Crippen molar-refractivity contribution in [3.63, 3.8) is 0 Å². The number of aliphatic hydroxyl groups excluding tert-OH is 1. The molecule has 6 nitrogen and oxygen atoms in total. The Balaban J connectivity index is 1.57. The Labute approximate surface area is 178 Å². The number of phenolic OH excluding ortho intramolecular Hbond substituents is 1. The van der Waals surface area contributed by atoms with Gasteiger partial charge in [0.1, 0.15) is 12.1 Å². The van der Waals surface area contributed by atoms with Crippen molar-refractivity contribution < 1.29 is 29.3 Å². The molecule has 2 saturated carbocycles. The van der Waals surface area contributed by atoms with E-state index in [1.165, 1.54) is 12.8 Å². The van der Waals surface area contributed by atoms with Gasteiger partial charge in [0.25, 0.3) is 0 Å². The highest BCUT2D eigenvalue weighted by Gasteiger charge is 2.79. The van der Waals surface area contributed by atoms with Gasteiger partial charge in [-0.3, -0.25) is 0 Å². The molecule has 3 aliphatic carbocycles. The van der Waals surface area contributed by atoms with E-state index in [1.807, 2.05) is 6.07 Å². The van der Waals surface area contributed by atoms with Crippen LogP contribution in [0.3, 0.4) is 0 Å². The van der Waals surface area contributed by atoms with Gasteiger partial charge in [0.05, 0.1) is 37.8 Å². The molecule has 7 atom stereocenters. The van der Waals surface area contributed by atoms with Gasteiger partial charge in [-0.1, -0.05) is 13.0 Å². The highest BCUT2D eigenvalue weighted by atomic mass is 16.5. The van der Waals surface area contributed by atoms with E-state index < -0.39 is 29.3 Å². The maximum atomic E-state index is 12.8. The lowest BCUT2D eigenvalue weighted by Gasteiger charge is -2.67. The number of nitrogens with zero attached hydrogens (tertiary/aromatic N) is 1. The monoisotopic (exact) mass is 416 g/mol. The van der Waals surface area contributed by atoms with E-state index in [0.29, 0.717) is 18.8 Å². The molecule has 2 unspecified atom stereocenters. The number of hydrogen-bond acceptors (Lipinski definition) is 5. The van der Waals surface area contributed by atoms with Crippen LogP contribution in [0, 0.1) is 5.92 Å². The summed E-state index contributed by atoms with van der Waals surface area (Å²) in [7, 11) is 2.31. The standard InChI is InChI=1S/C24H33NO5/c1-3-10-29-19-12-17(27)22-23-8-9-25(2,13-14-4-5-14)18(24(19,23)28)11-15-6-7-16(26)21(30-22)20(15)23/h6-7,14,17-19,22,27-28H,3-5,8-13H2,1-2H3/p+1/t17-,18-,19?,22-,23-,24+,25?/m1/s1. The van der Waals surface area contributed by atoms with Crippen molar-refractivity contribution in [1.82, 2.24) is 0 Å². The predicted molar refractivity (Wildman–Crippen MR) is 111 cm³/mol. The van der Waals surface area contributed by atoms with Crippen LogP contribution in [0.5, 0.6) is 11.5 Å². The first-order valence-corrected chi connectivity index (χ1v) is 11.7. The second kappa shape index (κ2) is 6.12. The number of aliphatic hydroxyl groups is 2. The zero-order valence-corrected chi connectivity index (χ0v) is 18.0. The maximum Gasteiger partial charge on any atom is 0.165 e. The number of likely N-dealkylation sites (tertiary alicyclic amines) is 1. The fourth-order valence-electron chi connectivity index (χ4n) is 7.60. The predicted octanol–water partition coefficient (Wildman–Crippen LogP) is 1.87. The molecule has 1 spiro atoms. The minimum Gasteiger partial charge on any atom is -0.504 e. The Bertz CT molecular complexity index is 887. The molecular weight excluding hydrogens is 382 g/mol. The van der Waals surface area contributed by atoms with Crippen molar-refractivity contribution in [1.29, 1.82) is 0 Å². The van der Waals surface area contributed by atoms with Gasteiger partial charge in [-0.05, 0) is 30.9 Å². The van der Waals surface area contributed by atoms with E-state index in [2.05, 4.69) is 14.0 Å². The van der Waals surface area contributed by atoms with Crippen molar-refractivity contribution in [3.8, 4) is 11.5 Å². The Hall–Kier alpha value is -1.34. The van der Waals surface area contributed by atoms with Crippen LogP contribution in [0.15, 0.2) is 12.1 Å². The molecule has 0 radical (unpaired) electrons. The number of rotatable bonds is 5. The first-order valence-electron chi connectivity index (χ1n) is 11.7. The van der Waals surface area contributed by atoms with Crippen LogP contribution in [0.25, 0.3) is 0 Å². The zero-order valence-electron chi connectivity index (χ0n) is 18.0. The molecule has 1 aromatic carbocycles. The number of quaternary nitrogens is 1. The summed E-state index contributed by atoms with van der Waals surface area (Å²) in [6.07, 6.45) is 3.61. The maximum absolute atomic E-state index is 12.8. The molecule has 5 aliphatic rings. The fourth-order valence-corrected chi connectivity index (χ4v) is 7.60. The minimum atomic E-state index is -1.12. The topological polar surface area (TPSA) is 79.2 Å². The van der Waals surface area contributed by atoms with Gasteiger partial charge >= 0.3 is 0 Å². The number of hydrogen-bond donors (Lipinski definition) is 3. The van der Waals surface area contributed by atoms with Crippen molar-refractivity contribution >= 4 is 0 Å². The molecule has 6 heteroatoms. The van der Waals surface area contributed by atoms with Gasteiger partial charge in [-0.2, -0.15) is 0 Å². The Morgan fingerprint density at radius 2 is 2.10 bits per heavy atom. The number of piperidine rings is 1. The molecule has 1 saturated heterocycles. The third kappa shape index (κ3) is 2.18. The summed E-state index contributed by atoms with van der Waals surface area (Å²) in [5, 5.41) is 34.5. The summed E-state index contributed by atoms with van der Waals surface area (Å²) in [4.78, 5) is 0. The van der Waals surface area contributed by atoms with Crippen molar-refractivity contribution in [2.45, 2.75) is 80.8 Å². The van der Waals surface area contributed by atoms with Crippen molar-refractivity contribution in [2.24, 2.45) is 5.92 Å². The van der Waals surface area contributed by atoms with Gasteiger partial charge in [0.2, 0.25) is 0 Å². The van der Waals surface area contributed by atoms with Gasteiger partial charge in [0, 0.05) is 37.4 Å². The average Bonchev–Trinajstić information content (AvgIpc) is 3.44. The summed E-state index contributed by atoms with van der Waals surface area (Å²) >= 11 is 0. The summed E-state index contributed by atoms with van der Waals surface area (Å²) < 4.78 is 13.4. The molecule has 0 aromatic heterocycles. The normalized spacial score (nSPS) is 45.7. The first-order chi connectivity index (χ1) is 14.3. The summed E-state index contributed by atoms with van der Waals surface area (Å²) in [6, 6.07) is 3.71. The second-order valence-electron chi connectivity index (χ2n) is 10.7. The van der Waals surface area contributed by atoms with Crippen LogP contribution >= 0.6 is 0 Å². The van der Waals surface area contributed by atoms with Crippen LogP contribution in [0.4, 0.5) is 0 Å². The first kappa shape index (κ1) is 19.4. The molecule has 2 heterocycles. The average molecular weight is 417 g/mol. The van der Waals surface area contributed by atoms with Gasteiger partial charge in [-0.15, -0.1) is 0 Å². The molecular formula is C24H34NO5+. The smallest absolute Gasteiger partial charge is 0.165 e. The SMILES string of the molecule is CCCOC1C[C@@H](O)[C@H]2Oc3c(O)ccc4c3[C@]23CC[N+](C)(CC2CC2)[C@H](C4)[C@]13O. The molecule has 1 aromatic rings. The highest BCUT2D eigenvalue weighted by Crippen LogP contribution is 2.66. The largest absolute Gasteiger partial charge is 0.504 e. The zero-order chi connectivity index (χ0) is 20.9. The molecule has 3 N–H and O–H groups in total. The van der Waals surface area contributed by atoms with Gasteiger partial charge in [0.15, 0.2) is 17.1 Å². The molecule has 2 aliphatic heterocycles. The Morgan fingerprint density at radius 1 is 1.30 bits per heavy atom. The lowest BCUT2D eigenvalue weighted by Crippen LogP contribution is -2.85. The van der Waals surface area contributed by atoms with E-state index in [9.17, 15) is 15.3 Å². The molecule has 30 heavy (non-hydrogen) atoms. The van der Waals surface area contributed by atoms with E-state index >= 15 is 0 Å². The van der Waals surface area contributed by atoms with E-state index in [1.54, 1.807) is 6.07 Å². The lowest BCUT2D eigenvalue weighted by molar-refractivity contribution is -0.951. The van der Waals surface area contributed by atoms with Crippen LogP contribution in [0.1, 0.15) is 50.2 Å². The summed E-state index contributed by atoms with van der Waals surface area (Å²) in [5.74, 6) is 1.34. The van der Waals surface area contributed by atoms with Crippen molar-refractivity contribution in [3.05, 3.63) is 23.3 Å². The third-order valence-electron chi connectivity index (χ3n) is 9.00. The van der Waals surface area contributed by atoms with Crippen molar-refractivity contribution in [2.75, 3.05) is 26.7 Å². The lowest BCUT2D eigenvalue weighted by atomic mass is 9.47. The number of aromatic hydroxyl groups is 1. The number of likely N-dealkylation sites (N-methyl/N-ethyl adjacent to an activating group) is 1. The number of phenols is 1. The molecule has 2 bridgehead atoms. The quantitative estimate of drug-likeness (QED) is 0.639. The van der Waals surface area contributed by atoms with E-state index in [-0.39, 0.29) is 11.8 Å². The van der Waals surface area contributed by atoms with E-state index in [0.717, 1.165) is 53.9 Å². The Kier molecular flexibility index (Phi) is 3.95. The van der Waals surface area contributed by atoms with Crippen LogP contribution in [-0.2, 0) is 16.6 Å². The van der Waals surface area contributed by atoms with E-state index in [4.69, 9.17) is 9.47 Å². The molecule has 6 rings (SSSR count). The minimum absolute atomic E-state index is 0.00435. The summed E-state index contributed by atoms with van der Waals surface area (Å²) in [6.45, 7) is 4.69. The van der Waals surface area contributed by atoms with Crippen LogP contribution in [0.2, 0.25) is 0 Å². The van der Waals surface area contributed by atoms with Gasteiger partial charge < -0.3 is 29.3 Å². The molecule has 3 fully saturated rings. The fraction of sp³-hybridized carbons (Fsp3) is 0.750. The van der Waals surface area contributed by atoms with Crippen LogP contribution in [-0.4, -0.2) is 76.5 Å². The number of benzene rings is 1. The molecule has 0 amide bonds. The highest BCUT2D eigenvalue weighted by molar-refractivity contribution is 5.62. The second-order valence-corrected chi connectivity index (χ2v) is 10.7. The molecule has 164 valence electrons. The number of ether oxygens (including phenoxy) is 2. The third-order valence-corrected chi connectivity index (χ3v) is 9.00.